The Morgan fingerprint density at radius 2 is 2.17 bits per heavy atom. The molecule has 0 aliphatic heterocycles. The lowest BCUT2D eigenvalue weighted by atomic mass is 9.94. The van der Waals surface area contributed by atoms with Gasteiger partial charge >= 0.3 is 5.97 Å². The van der Waals surface area contributed by atoms with Crippen LogP contribution in [0, 0.1) is 0 Å². The molecule has 3 nitrogen and oxygen atoms in total. The van der Waals surface area contributed by atoms with E-state index in [2.05, 4.69) is 0 Å². The van der Waals surface area contributed by atoms with Gasteiger partial charge in [0.05, 0.1) is 6.26 Å². The van der Waals surface area contributed by atoms with E-state index in [4.69, 9.17) is 9.52 Å². The Hall–Kier alpha value is -1.25. The first kappa shape index (κ1) is 7.40. The van der Waals surface area contributed by atoms with E-state index < -0.39 is 5.97 Å². The van der Waals surface area contributed by atoms with E-state index in [1.807, 2.05) is 0 Å². The second-order valence-electron chi connectivity index (χ2n) is 3.08. The van der Waals surface area contributed by atoms with E-state index in [0.717, 1.165) is 36.8 Å². The molecular weight excluding hydrogens is 156 g/mol. The van der Waals surface area contributed by atoms with Crippen molar-refractivity contribution in [2.24, 2.45) is 0 Å². The molecule has 0 saturated heterocycles. The van der Waals surface area contributed by atoms with Gasteiger partial charge in [0, 0.05) is 5.56 Å². The van der Waals surface area contributed by atoms with Crippen LogP contribution in [0.2, 0.25) is 0 Å². The predicted molar refractivity (Wildman–Crippen MR) is 42.3 cm³/mol. The molecule has 0 aromatic carbocycles. The second-order valence-corrected chi connectivity index (χ2v) is 3.08. The Bertz CT molecular complexity index is 312. The number of rotatable bonds is 1. The fourth-order valence-corrected chi connectivity index (χ4v) is 1.70. The molecule has 0 radical (unpaired) electrons. The molecule has 1 heterocycles. The molecule has 0 amide bonds. The van der Waals surface area contributed by atoms with E-state index >= 15 is 0 Å². The van der Waals surface area contributed by atoms with Gasteiger partial charge in [-0.3, -0.25) is 0 Å². The number of hydrogen-bond acceptors (Lipinski definition) is 2. The van der Waals surface area contributed by atoms with Crippen molar-refractivity contribution in [1.29, 1.82) is 0 Å². The van der Waals surface area contributed by atoms with Crippen molar-refractivity contribution in [3.63, 3.8) is 0 Å². The van der Waals surface area contributed by atoms with Crippen LogP contribution in [-0.4, -0.2) is 11.1 Å². The minimum atomic E-state index is -0.946. The summed E-state index contributed by atoms with van der Waals surface area (Å²) in [5.74, 6) is -0.803. The zero-order valence-electron chi connectivity index (χ0n) is 6.67. The minimum Gasteiger partial charge on any atom is -0.475 e. The lowest BCUT2D eigenvalue weighted by molar-refractivity contribution is 0.0660. The molecule has 2 rings (SSSR count). The Balaban J connectivity index is 2.44. The van der Waals surface area contributed by atoms with Gasteiger partial charge in [-0.25, -0.2) is 4.79 Å². The summed E-state index contributed by atoms with van der Waals surface area (Å²) in [5.41, 5.74) is 1.99. The van der Waals surface area contributed by atoms with Crippen molar-refractivity contribution in [3.8, 4) is 0 Å². The number of aryl methyl sites for hydroxylation is 1. The largest absolute Gasteiger partial charge is 0.475 e. The highest BCUT2D eigenvalue weighted by atomic mass is 16.4. The smallest absolute Gasteiger partial charge is 0.372 e. The monoisotopic (exact) mass is 166 g/mol. The Kier molecular flexibility index (Phi) is 1.64. The maximum atomic E-state index is 10.6. The number of aromatic carboxylic acids is 1. The van der Waals surface area contributed by atoms with Crippen molar-refractivity contribution in [2.75, 3.05) is 0 Å². The molecule has 1 N–H and O–H groups in total. The van der Waals surface area contributed by atoms with Crippen LogP contribution in [0.3, 0.4) is 0 Å². The first-order valence-electron chi connectivity index (χ1n) is 4.11. The fraction of sp³-hybridized carbons (Fsp3) is 0.444. The Morgan fingerprint density at radius 1 is 1.42 bits per heavy atom. The molecule has 1 aliphatic carbocycles. The zero-order valence-corrected chi connectivity index (χ0v) is 6.67. The summed E-state index contributed by atoms with van der Waals surface area (Å²) in [4.78, 5) is 10.6. The van der Waals surface area contributed by atoms with Gasteiger partial charge < -0.3 is 9.52 Å². The van der Waals surface area contributed by atoms with E-state index in [1.54, 1.807) is 6.26 Å². The molecule has 1 aromatic rings. The molecule has 0 fully saturated rings. The Labute approximate surface area is 70.0 Å². The lowest BCUT2D eigenvalue weighted by Gasteiger charge is -2.09. The molecule has 3 heteroatoms. The summed E-state index contributed by atoms with van der Waals surface area (Å²) < 4.78 is 4.98. The van der Waals surface area contributed by atoms with Crippen molar-refractivity contribution < 1.29 is 14.3 Å². The lowest BCUT2D eigenvalue weighted by Crippen LogP contribution is -2.05. The maximum Gasteiger partial charge on any atom is 0.372 e. The van der Waals surface area contributed by atoms with E-state index in [-0.39, 0.29) is 5.76 Å². The van der Waals surface area contributed by atoms with Gasteiger partial charge in [-0.05, 0) is 31.2 Å². The molecule has 0 atom stereocenters. The van der Waals surface area contributed by atoms with Gasteiger partial charge in [-0.2, -0.15) is 0 Å². The molecule has 1 aromatic heterocycles. The fourth-order valence-electron chi connectivity index (χ4n) is 1.70. The van der Waals surface area contributed by atoms with Gasteiger partial charge in [0.1, 0.15) is 0 Å². The highest BCUT2D eigenvalue weighted by Crippen LogP contribution is 2.25. The molecule has 0 unspecified atom stereocenters. The van der Waals surface area contributed by atoms with Crippen LogP contribution >= 0.6 is 0 Å². The zero-order chi connectivity index (χ0) is 8.55. The summed E-state index contributed by atoms with van der Waals surface area (Å²) in [6.45, 7) is 0. The van der Waals surface area contributed by atoms with E-state index in [9.17, 15) is 4.79 Å². The number of fused-ring (bicyclic) bond motifs is 1. The number of hydrogen-bond donors (Lipinski definition) is 1. The molecule has 0 saturated carbocycles. The number of furan rings is 1. The maximum absolute atomic E-state index is 10.6. The normalized spacial score (nSPS) is 15.7. The topological polar surface area (TPSA) is 50.4 Å². The summed E-state index contributed by atoms with van der Waals surface area (Å²) >= 11 is 0. The van der Waals surface area contributed by atoms with E-state index in [0.29, 0.717) is 0 Å². The SMILES string of the molecule is O=C(O)c1occ2c1CCCC2. The quantitative estimate of drug-likeness (QED) is 0.692. The third-order valence-electron chi connectivity index (χ3n) is 2.30. The number of carboxylic acid groups (broad SMARTS) is 1. The van der Waals surface area contributed by atoms with Gasteiger partial charge in [0.25, 0.3) is 0 Å². The number of carboxylic acids is 1. The van der Waals surface area contributed by atoms with Crippen LogP contribution < -0.4 is 0 Å². The Morgan fingerprint density at radius 3 is 2.92 bits per heavy atom. The molecule has 1 aliphatic rings. The van der Waals surface area contributed by atoms with Gasteiger partial charge in [0.2, 0.25) is 5.76 Å². The number of carbonyl (C=O) groups is 1. The van der Waals surface area contributed by atoms with Gasteiger partial charge in [0.15, 0.2) is 0 Å². The highest BCUT2D eigenvalue weighted by molar-refractivity contribution is 5.86. The van der Waals surface area contributed by atoms with Gasteiger partial charge in [-0.1, -0.05) is 0 Å². The van der Waals surface area contributed by atoms with Crippen LogP contribution in [0.4, 0.5) is 0 Å². The summed E-state index contributed by atoms with van der Waals surface area (Å²) in [6.07, 6.45) is 5.62. The molecule has 64 valence electrons. The molecule has 0 spiro atoms. The summed E-state index contributed by atoms with van der Waals surface area (Å²) in [7, 11) is 0. The third kappa shape index (κ3) is 1.02. The summed E-state index contributed by atoms with van der Waals surface area (Å²) in [6, 6.07) is 0. The molecule has 12 heavy (non-hydrogen) atoms. The van der Waals surface area contributed by atoms with Crippen LogP contribution in [0.15, 0.2) is 10.7 Å². The van der Waals surface area contributed by atoms with Crippen molar-refractivity contribution in [3.05, 3.63) is 23.2 Å². The molecular formula is C9H10O3. The van der Waals surface area contributed by atoms with Crippen LogP contribution in [-0.2, 0) is 12.8 Å². The van der Waals surface area contributed by atoms with Crippen molar-refractivity contribution in [1.82, 2.24) is 0 Å². The average molecular weight is 166 g/mol. The second kappa shape index (κ2) is 2.66. The summed E-state index contributed by atoms with van der Waals surface area (Å²) in [5, 5.41) is 8.74. The first-order valence-corrected chi connectivity index (χ1v) is 4.11. The highest BCUT2D eigenvalue weighted by Gasteiger charge is 2.21. The van der Waals surface area contributed by atoms with Crippen molar-refractivity contribution >= 4 is 5.97 Å². The predicted octanol–water partition coefficient (Wildman–Crippen LogP) is 1.86. The molecule has 0 bridgehead atoms. The minimum absolute atomic E-state index is 0.143. The average Bonchev–Trinajstić information content (AvgIpc) is 2.47. The van der Waals surface area contributed by atoms with Gasteiger partial charge in [-0.15, -0.1) is 0 Å². The first-order chi connectivity index (χ1) is 5.79. The van der Waals surface area contributed by atoms with Crippen LogP contribution in [0.25, 0.3) is 0 Å². The van der Waals surface area contributed by atoms with Crippen LogP contribution in [0.1, 0.15) is 34.5 Å². The van der Waals surface area contributed by atoms with E-state index in [1.165, 1.54) is 0 Å². The van der Waals surface area contributed by atoms with Crippen molar-refractivity contribution in [2.45, 2.75) is 25.7 Å². The van der Waals surface area contributed by atoms with Crippen LogP contribution in [0.5, 0.6) is 0 Å². The third-order valence-corrected chi connectivity index (χ3v) is 2.30. The standard InChI is InChI=1S/C9H10O3/c10-9(11)8-7-4-2-1-3-6(7)5-12-8/h5H,1-4H2,(H,10,11).